The quantitative estimate of drug-likeness (QED) is 0.822. The molecule has 2 aliphatic rings. The molecule has 2 heterocycles. The smallest absolute Gasteiger partial charge is 0.256 e. The number of likely N-dealkylation sites (tertiary alicyclic amines) is 2. The van der Waals surface area contributed by atoms with Gasteiger partial charge in [0.15, 0.2) is 11.6 Å². The van der Waals surface area contributed by atoms with Crippen LogP contribution in [0, 0.1) is 17.0 Å². The van der Waals surface area contributed by atoms with E-state index in [1.54, 1.807) is 16.8 Å². The number of amides is 2. The van der Waals surface area contributed by atoms with Crippen LogP contribution in [0.2, 0.25) is 0 Å². The average Bonchev–Trinajstić information content (AvgIpc) is 2.61. The molecule has 0 atom stereocenters. The van der Waals surface area contributed by atoms with Crippen molar-refractivity contribution < 1.29 is 23.1 Å². The Morgan fingerprint density at radius 1 is 1.16 bits per heavy atom. The monoisotopic (exact) mass is 352 g/mol. The molecular weight excluding hydrogens is 330 g/mol. The summed E-state index contributed by atoms with van der Waals surface area (Å²) in [6, 6.07) is 2.52. The van der Waals surface area contributed by atoms with Crippen LogP contribution in [0.25, 0.3) is 0 Å². The molecule has 0 aromatic heterocycles. The Bertz CT molecular complexity index is 700. The minimum Gasteiger partial charge on any atom is -0.494 e. The van der Waals surface area contributed by atoms with Crippen LogP contribution in [-0.4, -0.2) is 55.4 Å². The number of hydrogen-bond acceptors (Lipinski definition) is 3. The topological polar surface area (TPSA) is 49.9 Å². The second kappa shape index (κ2) is 6.61. The third-order valence-electron chi connectivity index (χ3n) is 5.48. The highest BCUT2D eigenvalue weighted by molar-refractivity contribution is 5.94. The summed E-state index contributed by atoms with van der Waals surface area (Å²) in [6.45, 7) is 1.65. The van der Waals surface area contributed by atoms with Crippen molar-refractivity contribution in [3.8, 4) is 5.75 Å². The Balaban J connectivity index is 1.70. The van der Waals surface area contributed by atoms with Gasteiger partial charge in [-0.3, -0.25) is 9.59 Å². The Morgan fingerprint density at radius 3 is 2.44 bits per heavy atom. The molecule has 3 rings (SSSR count). The highest BCUT2D eigenvalue weighted by atomic mass is 19.2. The maximum atomic E-state index is 14.2. The zero-order valence-electron chi connectivity index (χ0n) is 14.5. The van der Waals surface area contributed by atoms with Crippen molar-refractivity contribution in [2.75, 3.05) is 33.8 Å². The number of piperidine rings is 2. The van der Waals surface area contributed by atoms with Gasteiger partial charge < -0.3 is 14.5 Å². The molecule has 2 aliphatic heterocycles. The van der Waals surface area contributed by atoms with Crippen LogP contribution in [0.15, 0.2) is 12.1 Å². The van der Waals surface area contributed by atoms with E-state index in [1.165, 1.54) is 19.2 Å². The standard InChI is InChI=1S/C18H22F2N2O3/c1-21-11-18(6-5-14(21)23)7-9-22(10-8-18)17(24)12-3-4-13(25-2)16(20)15(12)19/h3-4H,5-11H2,1-2H3. The van der Waals surface area contributed by atoms with Crippen LogP contribution < -0.4 is 4.74 Å². The molecule has 7 heteroatoms. The molecule has 2 fully saturated rings. The Morgan fingerprint density at radius 2 is 1.84 bits per heavy atom. The number of carbonyl (C=O) groups excluding carboxylic acids is 2. The van der Waals surface area contributed by atoms with Crippen molar-refractivity contribution in [3.63, 3.8) is 0 Å². The first-order chi connectivity index (χ1) is 11.9. The zero-order valence-corrected chi connectivity index (χ0v) is 14.5. The lowest BCUT2D eigenvalue weighted by molar-refractivity contribution is -0.137. The molecule has 5 nitrogen and oxygen atoms in total. The van der Waals surface area contributed by atoms with E-state index in [1.807, 2.05) is 0 Å². The van der Waals surface area contributed by atoms with Crippen LogP contribution >= 0.6 is 0 Å². The number of hydrogen-bond donors (Lipinski definition) is 0. The number of halogens is 2. The molecular formula is C18H22F2N2O3. The van der Waals surface area contributed by atoms with E-state index in [0.717, 1.165) is 19.3 Å². The van der Waals surface area contributed by atoms with E-state index in [9.17, 15) is 18.4 Å². The van der Waals surface area contributed by atoms with Crippen LogP contribution in [0.4, 0.5) is 8.78 Å². The van der Waals surface area contributed by atoms with E-state index in [4.69, 9.17) is 4.74 Å². The van der Waals surface area contributed by atoms with Gasteiger partial charge in [0.25, 0.3) is 5.91 Å². The number of ether oxygens (including phenoxy) is 1. The van der Waals surface area contributed by atoms with E-state index in [0.29, 0.717) is 26.1 Å². The normalized spacial score (nSPS) is 20.1. The predicted molar refractivity (Wildman–Crippen MR) is 87.4 cm³/mol. The lowest BCUT2D eigenvalue weighted by atomic mass is 9.72. The van der Waals surface area contributed by atoms with E-state index >= 15 is 0 Å². The van der Waals surface area contributed by atoms with Gasteiger partial charge in [-0.05, 0) is 36.8 Å². The summed E-state index contributed by atoms with van der Waals surface area (Å²) in [7, 11) is 3.05. The lowest BCUT2D eigenvalue weighted by Gasteiger charge is -2.46. The van der Waals surface area contributed by atoms with Crippen molar-refractivity contribution in [3.05, 3.63) is 29.3 Å². The van der Waals surface area contributed by atoms with Gasteiger partial charge in [-0.1, -0.05) is 0 Å². The molecule has 0 bridgehead atoms. The molecule has 1 spiro atoms. The summed E-state index contributed by atoms with van der Waals surface area (Å²) >= 11 is 0. The minimum atomic E-state index is -1.17. The van der Waals surface area contributed by atoms with Crippen LogP contribution in [0.5, 0.6) is 5.75 Å². The van der Waals surface area contributed by atoms with Crippen molar-refractivity contribution in [1.82, 2.24) is 9.80 Å². The summed E-state index contributed by atoms with van der Waals surface area (Å²) in [5.74, 6) is -2.89. The van der Waals surface area contributed by atoms with Crippen molar-refractivity contribution >= 4 is 11.8 Å². The number of benzene rings is 1. The first-order valence-corrected chi connectivity index (χ1v) is 8.42. The van der Waals surface area contributed by atoms with Gasteiger partial charge in [0, 0.05) is 33.1 Å². The first-order valence-electron chi connectivity index (χ1n) is 8.42. The number of methoxy groups -OCH3 is 1. The summed E-state index contributed by atoms with van der Waals surface area (Å²) < 4.78 is 32.7. The second-order valence-corrected chi connectivity index (χ2v) is 6.99. The van der Waals surface area contributed by atoms with Gasteiger partial charge in [0.05, 0.1) is 12.7 Å². The average molecular weight is 352 g/mol. The maximum absolute atomic E-state index is 14.2. The lowest BCUT2D eigenvalue weighted by Crippen LogP contribution is -2.51. The number of rotatable bonds is 2. The summed E-state index contributed by atoms with van der Waals surface area (Å²) in [6.07, 6.45) is 2.87. The Kier molecular flexibility index (Phi) is 4.67. The van der Waals surface area contributed by atoms with Gasteiger partial charge in [-0.2, -0.15) is 4.39 Å². The van der Waals surface area contributed by atoms with Crippen molar-refractivity contribution in [2.24, 2.45) is 5.41 Å². The summed E-state index contributed by atoms with van der Waals surface area (Å²) in [5, 5.41) is 0. The van der Waals surface area contributed by atoms with Gasteiger partial charge >= 0.3 is 0 Å². The largest absolute Gasteiger partial charge is 0.494 e. The highest BCUT2D eigenvalue weighted by Crippen LogP contribution is 2.40. The van der Waals surface area contributed by atoms with Crippen molar-refractivity contribution in [2.45, 2.75) is 25.7 Å². The van der Waals surface area contributed by atoms with Crippen LogP contribution in [0.3, 0.4) is 0 Å². The van der Waals surface area contributed by atoms with Gasteiger partial charge in [-0.15, -0.1) is 0 Å². The predicted octanol–water partition coefficient (Wildman–Crippen LogP) is 2.45. The maximum Gasteiger partial charge on any atom is 0.256 e. The fraction of sp³-hybridized carbons (Fsp3) is 0.556. The van der Waals surface area contributed by atoms with E-state index in [-0.39, 0.29) is 22.6 Å². The molecule has 0 aliphatic carbocycles. The third-order valence-corrected chi connectivity index (χ3v) is 5.48. The Labute approximate surface area is 145 Å². The molecule has 136 valence electrons. The fourth-order valence-corrected chi connectivity index (χ4v) is 3.85. The van der Waals surface area contributed by atoms with Gasteiger partial charge in [-0.25, -0.2) is 4.39 Å². The van der Waals surface area contributed by atoms with Gasteiger partial charge in [0.1, 0.15) is 0 Å². The first kappa shape index (κ1) is 17.6. The summed E-state index contributed by atoms with van der Waals surface area (Å²) in [5.41, 5.74) is -0.242. The molecule has 0 N–H and O–H groups in total. The molecule has 2 saturated heterocycles. The van der Waals surface area contributed by atoms with Crippen LogP contribution in [0.1, 0.15) is 36.0 Å². The van der Waals surface area contributed by atoms with Gasteiger partial charge in [0.2, 0.25) is 11.7 Å². The third kappa shape index (κ3) is 3.19. The molecule has 1 aromatic carbocycles. The molecule has 0 radical (unpaired) electrons. The summed E-state index contributed by atoms with van der Waals surface area (Å²) in [4.78, 5) is 27.6. The molecule has 0 saturated carbocycles. The highest BCUT2D eigenvalue weighted by Gasteiger charge is 2.41. The number of carbonyl (C=O) groups is 2. The van der Waals surface area contributed by atoms with E-state index in [2.05, 4.69) is 0 Å². The molecule has 25 heavy (non-hydrogen) atoms. The zero-order chi connectivity index (χ0) is 18.2. The molecule has 2 amide bonds. The second-order valence-electron chi connectivity index (χ2n) is 6.99. The van der Waals surface area contributed by atoms with E-state index < -0.39 is 17.5 Å². The fourth-order valence-electron chi connectivity index (χ4n) is 3.85. The minimum absolute atomic E-state index is 0.0309. The van der Waals surface area contributed by atoms with Crippen LogP contribution in [-0.2, 0) is 4.79 Å². The van der Waals surface area contributed by atoms with Crippen molar-refractivity contribution in [1.29, 1.82) is 0 Å². The molecule has 0 unspecified atom stereocenters. The SMILES string of the molecule is COc1ccc(C(=O)N2CCC3(CCC(=O)N(C)C3)CC2)c(F)c1F. The Hall–Kier alpha value is -2.18. The molecule has 1 aromatic rings. The number of nitrogens with zero attached hydrogens (tertiary/aromatic N) is 2.